The summed E-state index contributed by atoms with van der Waals surface area (Å²) in [6.07, 6.45) is 2.22. The first-order chi connectivity index (χ1) is 8.75. The highest BCUT2D eigenvalue weighted by Crippen LogP contribution is 2.36. The van der Waals surface area contributed by atoms with Crippen LogP contribution < -0.4 is 10.6 Å². The Bertz CT molecular complexity index is 470. The van der Waals surface area contributed by atoms with Crippen LogP contribution in [0.25, 0.3) is 0 Å². The van der Waals surface area contributed by atoms with E-state index in [2.05, 4.69) is 23.6 Å². The van der Waals surface area contributed by atoms with E-state index in [0.29, 0.717) is 5.92 Å². The third kappa shape index (κ3) is 2.27. The average Bonchev–Trinajstić information content (AvgIpc) is 3.11. The van der Waals surface area contributed by atoms with Crippen LogP contribution in [-0.2, 0) is 13.0 Å². The normalized spacial score (nSPS) is 25.4. The summed E-state index contributed by atoms with van der Waals surface area (Å²) in [5.41, 5.74) is 3.38. The Hall–Kier alpha value is -1.35. The fourth-order valence-electron chi connectivity index (χ4n) is 2.75. The first-order valence-electron chi connectivity index (χ1n) is 6.85. The second-order valence-corrected chi connectivity index (χ2v) is 5.55. The Morgan fingerprint density at radius 2 is 2.33 bits per heavy atom. The van der Waals surface area contributed by atoms with Crippen molar-refractivity contribution in [2.45, 2.75) is 26.3 Å². The molecule has 3 heteroatoms. The lowest BCUT2D eigenvalue weighted by Crippen LogP contribution is -2.30. The molecule has 1 amide bonds. The van der Waals surface area contributed by atoms with Gasteiger partial charge in [-0.25, -0.2) is 0 Å². The average molecular weight is 244 g/mol. The Labute approximate surface area is 108 Å². The lowest BCUT2D eigenvalue weighted by atomic mass is 9.95. The van der Waals surface area contributed by atoms with Gasteiger partial charge in [-0.15, -0.1) is 0 Å². The molecule has 0 bridgehead atoms. The van der Waals surface area contributed by atoms with Crippen molar-refractivity contribution in [3.8, 4) is 0 Å². The van der Waals surface area contributed by atoms with E-state index in [-0.39, 0.29) is 5.91 Å². The van der Waals surface area contributed by atoms with Gasteiger partial charge in [-0.1, -0.05) is 19.1 Å². The fourth-order valence-corrected chi connectivity index (χ4v) is 2.75. The summed E-state index contributed by atoms with van der Waals surface area (Å²) >= 11 is 0. The first kappa shape index (κ1) is 11.7. The Morgan fingerprint density at radius 1 is 1.50 bits per heavy atom. The maximum Gasteiger partial charge on any atom is 0.251 e. The molecule has 1 fully saturated rings. The summed E-state index contributed by atoms with van der Waals surface area (Å²) < 4.78 is 0. The predicted molar refractivity (Wildman–Crippen MR) is 71.5 cm³/mol. The van der Waals surface area contributed by atoms with Crippen LogP contribution in [0.1, 0.15) is 34.8 Å². The highest BCUT2D eigenvalue weighted by molar-refractivity contribution is 5.96. The quantitative estimate of drug-likeness (QED) is 0.850. The Kier molecular flexibility index (Phi) is 3.08. The van der Waals surface area contributed by atoms with Crippen LogP contribution in [0.15, 0.2) is 18.2 Å². The second-order valence-electron chi connectivity index (χ2n) is 5.55. The summed E-state index contributed by atoms with van der Waals surface area (Å²) in [5.74, 6) is 1.60. The van der Waals surface area contributed by atoms with E-state index >= 15 is 0 Å². The molecule has 2 aliphatic rings. The van der Waals surface area contributed by atoms with E-state index in [1.807, 2.05) is 12.1 Å². The Morgan fingerprint density at radius 3 is 3.11 bits per heavy atom. The number of carbonyl (C=O) groups excluding carboxylic acids is 1. The number of hydrogen-bond acceptors (Lipinski definition) is 2. The van der Waals surface area contributed by atoms with Crippen LogP contribution in [0.3, 0.4) is 0 Å². The standard InChI is InChI=1S/C15H20N2O/c1-10-7-12(10)9-17-15(18)14-4-2-3-11-8-16-6-5-13(11)14/h2-4,10,12,16H,5-9H2,1H3,(H,17,18). The summed E-state index contributed by atoms with van der Waals surface area (Å²) in [7, 11) is 0. The van der Waals surface area contributed by atoms with Crippen LogP contribution in [0.5, 0.6) is 0 Å². The number of benzene rings is 1. The number of carbonyl (C=O) groups is 1. The smallest absolute Gasteiger partial charge is 0.251 e. The van der Waals surface area contributed by atoms with E-state index in [1.54, 1.807) is 0 Å². The molecule has 1 aliphatic heterocycles. The van der Waals surface area contributed by atoms with Gasteiger partial charge in [0, 0.05) is 18.7 Å². The van der Waals surface area contributed by atoms with Crippen LogP contribution in [-0.4, -0.2) is 19.0 Å². The van der Waals surface area contributed by atoms with E-state index in [9.17, 15) is 4.79 Å². The minimum Gasteiger partial charge on any atom is -0.352 e. The molecule has 0 saturated heterocycles. The van der Waals surface area contributed by atoms with Crippen molar-refractivity contribution in [3.05, 3.63) is 34.9 Å². The topological polar surface area (TPSA) is 41.1 Å². The van der Waals surface area contributed by atoms with Crippen LogP contribution in [0, 0.1) is 11.8 Å². The minimum absolute atomic E-state index is 0.104. The molecule has 1 saturated carbocycles. The highest BCUT2D eigenvalue weighted by Gasteiger charge is 2.32. The second kappa shape index (κ2) is 4.73. The minimum atomic E-state index is 0.104. The fraction of sp³-hybridized carbons (Fsp3) is 0.533. The molecule has 2 N–H and O–H groups in total. The summed E-state index contributed by atoms with van der Waals surface area (Å²) in [6, 6.07) is 6.05. The lowest BCUT2D eigenvalue weighted by molar-refractivity contribution is 0.0950. The van der Waals surface area contributed by atoms with E-state index < -0.39 is 0 Å². The molecule has 2 atom stereocenters. The zero-order valence-electron chi connectivity index (χ0n) is 10.8. The maximum absolute atomic E-state index is 12.2. The number of nitrogens with one attached hydrogen (secondary N) is 2. The van der Waals surface area contributed by atoms with Crippen molar-refractivity contribution >= 4 is 5.91 Å². The van der Waals surface area contributed by atoms with Gasteiger partial charge in [0.2, 0.25) is 0 Å². The van der Waals surface area contributed by atoms with Gasteiger partial charge < -0.3 is 10.6 Å². The zero-order chi connectivity index (χ0) is 12.5. The van der Waals surface area contributed by atoms with Gasteiger partial charge in [-0.2, -0.15) is 0 Å². The molecule has 3 rings (SSSR count). The van der Waals surface area contributed by atoms with Gasteiger partial charge in [0.05, 0.1) is 0 Å². The van der Waals surface area contributed by atoms with Crippen molar-refractivity contribution in [3.63, 3.8) is 0 Å². The molecular formula is C15H20N2O. The van der Waals surface area contributed by atoms with Gasteiger partial charge in [0.15, 0.2) is 0 Å². The number of hydrogen-bond donors (Lipinski definition) is 2. The lowest BCUT2D eigenvalue weighted by Gasteiger charge is -2.19. The van der Waals surface area contributed by atoms with Gasteiger partial charge in [0.25, 0.3) is 5.91 Å². The summed E-state index contributed by atoms with van der Waals surface area (Å²) in [4.78, 5) is 12.2. The van der Waals surface area contributed by atoms with Crippen molar-refractivity contribution in [1.29, 1.82) is 0 Å². The van der Waals surface area contributed by atoms with Gasteiger partial charge in [0.1, 0.15) is 0 Å². The van der Waals surface area contributed by atoms with Crippen LogP contribution in [0.4, 0.5) is 0 Å². The predicted octanol–water partition coefficient (Wildman–Crippen LogP) is 1.72. The summed E-state index contributed by atoms with van der Waals surface area (Å²) in [5, 5.41) is 6.42. The molecule has 0 radical (unpaired) electrons. The molecule has 96 valence electrons. The molecule has 1 aromatic rings. The number of amides is 1. The van der Waals surface area contributed by atoms with Crippen molar-refractivity contribution in [2.24, 2.45) is 11.8 Å². The number of rotatable bonds is 3. The number of fused-ring (bicyclic) bond motifs is 1. The summed E-state index contributed by atoms with van der Waals surface area (Å²) in [6.45, 7) is 4.93. The zero-order valence-corrected chi connectivity index (χ0v) is 10.8. The molecule has 2 unspecified atom stereocenters. The SMILES string of the molecule is CC1CC1CNC(=O)c1cccc2c1CCNC2. The van der Waals surface area contributed by atoms with Gasteiger partial charge in [-0.3, -0.25) is 4.79 Å². The molecule has 1 aromatic carbocycles. The molecular weight excluding hydrogens is 224 g/mol. The van der Waals surface area contributed by atoms with Crippen molar-refractivity contribution in [2.75, 3.05) is 13.1 Å². The first-order valence-corrected chi connectivity index (χ1v) is 6.85. The third-order valence-electron chi connectivity index (χ3n) is 4.19. The van der Waals surface area contributed by atoms with Gasteiger partial charge >= 0.3 is 0 Å². The molecule has 3 nitrogen and oxygen atoms in total. The van der Waals surface area contributed by atoms with Crippen LogP contribution >= 0.6 is 0 Å². The van der Waals surface area contributed by atoms with Crippen molar-refractivity contribution in [1.82, 2.24) is 10.6 Å². The van der Waals surface area contributed by atoms with Crippen molar-refractivity contribution < 1.29 is 4.79 Å². The Balaban J connectivity index is 1.72. The van der Waals surface area contributed by atoms with E-state index in [1.165, 1.54) is 17.5 Å². The molecule has 0 spiro atoms. The molecule has 0 aromatic heterocycles. The largest absolute Gasteiger partial charge is 0.352 e. The molecule has 18 heavy (non-hydrogen) atoms. The monoisotopic (exact) mass is 244 g/mol. The maximum atomic E-state index is 12.2. The molecule has 1 aliphatic carbocycles. The molecule has 1 heterocycles. The highest BCUT2D eigenvalue weighted by atomic mass is 16.1. The van der Waals surface area contributed by atoms with Crippen LogP contribution in [0.2, 0.25) is 0 Å². The van der Waals surface area contributed by atoms with E-state index in [0.717, 1.165) is 37.5 Å². The van der Waals surface area contributed by atoms with E-state index in [4.69, 9.17) is 0 Å². The van der Waals surface area contributed by atoms with Gasteiger partial charge in [-0.05, 0) is 48.4 Å². The third-order valence-corrected chi connectivity index (χ3v) is 4.19.